The van der Waals surface area contributed by atoms with Crippen molar-refractivity contribution < 1.29 is 19.4 Å². The summed E-state index contributed by atoms with van der Waals surface area (Å²) in [6, 6.07) is 0. The lowest BCUT2D eigenvalue weighted by Crippen LogP contribution is -2.68. The van der Waals surface area contributed by atoms with Gasteiger partial charge in [0.25, 0.3) is 0 Å². The van der Waals surface area contributed by atoms with Gasteiger partial charge in [-0.3, -0.25) is 4.79 Å². The van der Waals surface area contributed by atoms with Gasteiger partial charge in [0.1, 0.15) is 0 Å². The van der Waals surface area contributed by atoms with Crippen LogP contribution in [-0.4, -0.2) is 42.5 Å². The van der Waals surface area contributed by atoms with E-state index in [-0.39, 0.29) is 44.6 Å². The maximum absolute atomic E-state index is 13.3. The van der Waals surface area contributed by atoms with Gasteiger partial charge in [-0.1, -0.05) is 74.0 Å². The van der Waals surface area contributed by atoms with Gasteiger partial charge in [-0.05, 0) is 104 Å². The van der Waals surface area contributed by atoms with E-state index < -0.39 is 5.97 Å². The third kappa shape index (κ3) is 4.43. The fraction of sp³-hybridized carbons (Fsp3) is 0.919. The van der Waals surface area contributed by atoms with Gasteiger partial charge in [0.15, 0.2) is 0 Å². The van der Waals surface area contributed by atoms with Crippen LogP contribution < -0.4 is 5.73 Å². The number of fused-ring (bicyclic) bond motifs is 3. The average Bonchev–Trinajstić information content (AvgIpc) is 2.90. The van der Waals surface area contributed by atoms with Crippen LogP contribution in [0.2, 0.25) is 0 Å². The molecule has 3 N–H and O–H groups in total. The van der Waals surface area contributed by atoms with Gasteiger partial charge in [-0.2, -0.15) is 0 Å². The Kier molecular flexibility index (Phi) is 8.18. The molecule has 240 valence electrons. The van der Waals surface area contributed by atoms with Crippen molar-refractivity contribution in [3.63, 3.8) is 0 Å². The van der Waals surface area contributed by atoms with Gasteiger partial charge in [-0.15, -0.1) is 0 Å². The zero-order valence-electron chi connectivity index (χ0n) is 28.6. The maximum Gasteiger partial charge on any atom is 0.307 e. The van der Waals surface area contributed by atoms with Gasteiger partial charge in [0, 0.05) is 23.0 Å². The SMILES string of the molecule is CCC(C)(N)CCO[C@H]1[C@H](C)C[C@@]23COC[C@@]1(C)[C@@H]2CC[C@H]1C3=CC[C@@]2(C)[C@H](C(=O)O)[C@@](C)([C@H](C)C(C)C)CC[C@]12C. The number of carboxylic acids is 1. The fourth-order valence-electron chi connectivity index (χ4n) is 12.0. The van der Waals surface area contributed by atoms with Gasteiger partial charge >= 0.3 is 5.97 Å². The molecule has 5 rings (SSSR count). The van der Waals surface area contributed by atoms with Crippen LogP contribution in [0.5, 0.6) is 0 Å². The lowest BCUT2D eigenvalue weighted by molar-refractivity contribution is -0.250. The van der Waals surface area contributed by atoms with Gasteiger partial charge in [0.05, 0.1) is 25.2 Å². The highest BCUT2D eigenvalue weighted by Crippen LogP contribution is 2.75. The Balaban J connectivity index is 1.50. The molecule has 12 atom stereocenters. The van der Waals surface area contributed by atoms with Crippen molar-refractivity contribution in [3.05, 3.63) is 11.6 Å². The van der Waals surface area contributed by atoms with Crippen LogP contribution in [-0.2, 0) is 14.3 Å². The molecule has 5 aliphatic rings. The minimum absolute atomic E-state index is 0.0258. The Morgan fingerprint density at radius 2 is 1.83 bits per heavy atom. The van der Waals surface area contributed by atoms with E-state index in [0.29, 0.717) is 36.2 Å². The molecule has 3 saturated carbocycles. The van der Waals surface area contributed by atoms with Crippen molar-refractivity contribution in [2.24, 2.45) is 68.3 Å². The molecule has 0 aromatic heterocycles. The second kappa shape index (κ2) is 10.6. The second-order valence-corrected chi connectivity index (χ2v) is 17.6. The number of rotatable bonds is 8. The highest BCUT2D eigenvalue weighted by atomic mass is 16.5. The van der Waals surface area contributed by atoms with Crippen molar-refractivity contribution in [2.45, 2.75) is 132 Å². The van der Waals surface area contributed by atoms with Crippen LogP contribution in [0.25, 0.3) is 0 Å². The highest BCUT2D eigenvalue weighted by molar-refractivity contribution is 5.73. The predicted molar refractivity (Wildman–Crippen MR) is 170 cm³/mol. The second-order valence-electron chi connectivity index (χ2n) is 17.6. The van der Waals surface area contributed by atoms with E-state index in [0.717, 1.165) is 58.2 Å². The number of allylic oxidation sites excluding steroid dienone is 1. The summed E-state index contributed by atoms with van der Waals surface area (Å²) in [6.45, 7) is 25.4. The number of carbonyl (C=O) groups is 1. The monoisotopic (exact) mass is 585 g/mol. The molecule has 1 unspecified atom stereocenters. The Bertz CT molecular complexity index is 1080. The summed E-state index contributed by atoms with van der Waals surface area (Å²) >= 11 is 0. The van der Waals surface area contributed by atoms with Crippen molar-refractivity contribution in [1.29, 1.82) is 0 Å². The van der Waals surface area contributed by atoms with Crippen LogP contribution in [0, 0.1) is 62.6 Å². The molecule has 0 radical (unpaired) electrons. The maximum atomic E-state index is 13.3. The first kappa shape index (κ1) is 32.5. The van der Waals surface area contributed by atoms with Crippen LogP contribution in [0.1, 0.15) is 121 Å². The lowest BCUT2D eigenvalue weighted by Gasteiger charge is -2.71. The summed E-state index contributed by atoms with van der Waals surface area (Å²) < 4.78 is 13.4. The van der Waals surface area contributed by atoms with E-state index in [2.05, 4.69) is 75.3 Å². The first-order valence-electron chi connectivity index (χ1n) is 17.3. The molecule has 0 amide bonds. The zero-order chi connectivity index (χ0) is 31.1. The molecule has 1 heterocycles. The first-order chi connectivity index (χ1) is 19.4. The summed E-state index contributed by atoms with van der Waals surface area (Å²) in [5, 5.41) is 10.9. The summed E-state index contributed by atoms with van der Waals surface area (Å²) in [7, 11) is 0. The summed E-state index contributed by atoms with van der Waals surface area (Å²) in [5.41, 5.74) is 7.42. The number of ether oxygens (including phenoxy) is 2. The first-order valence-corrected chi connectivity index (χ1v) is 17.3. The van der Waals surface area contributed by atoms with Crippen molar-refractivity contribution in [2.75, 3.05) is 19.8 Å². The summed E-state index contributed by atoms with van der Waals surface area (Å²) in [4.78, 5) is 13.3. The Morgan fingerprint density at radius 1 is 1.14 bits per heavy atom. The fourth-order valence-corrected chi connectivity index (χ4v) is 12.0. The quantitative estimate of drug-likeness (QED) is 0.281. The van der Waals surface area contributed by atoms with Crippen LogP contribution in [0.15, 0.2) is 11.6 Å². The molecule has 1 saturated heterocycles. The molecule has 5 nitrogen and oxygen atoms in total. The van der Waals surface area contributed by atoms with Crippen molar-refractivity contribution >= 4 is 5.97 Å². The molecule has 0 spiro atoms. The standard InChI is InChI=1S/C37H63NO4/c1-11-32(6,38)18-19-42-30-24(4)20-37-22-41-21-34(30,8)28(37)13-12-26-27(37)14-15-36(10)29(31(39)40)33(7,25(5)23(2)3)16-17-35(26,36)9/h14,23-26,28-30H,11-13,15-22,38H2,1-10H3,(H,39,40)/t24-,25-,26+,28+,29-,30+,32?,33-,34+,35-,36+,37+/m1/s1. The molecular weight excluding hydrogens is 522 g/mol. The Labute approximate surface area is 257 Å². The molecule has 0 aromatic rings. The third-order valence-corrected chi connectivity index (χ3v) is 15.1. The van der Waals surface area contributed by atoms with Crippen molar-refractivity contribution in [3.8, 4) is 0 Å². The molecule has 5 heteroatoms. The van der Waals surface area contributed by atoms with Gasteiger partial charge < -0.3 is 20.3 Å². The molecule has 1 aliphatic heterocycles. The summed E-state index contributed by atoms with van der Waals surface area (Å²) in [5.74, 6) is 1.29. The molecular formula is C37H63NO4. The van der Waals surface area contributed by atoms with Crippen LogP contribution >= 0.6 is 0 Å². The largest absolute Gasteiger partial charge is 0.481 e. The van der Waals surface area contributed by atoms with E-state index >= 15 is 0 Å². The number of hydrogen-bond acceptors (Lipinski definition) is 4. The van der Waals surface area contributed by atoms with E-state index in [9.17, 15) is 9.90 Å². The number of hydrogen-bond donors (Lipinski definition) is 2. The van der Waals surface area contributed by atoms with Crippen molar-refractivity contribution in [1.82, 2.24) is 0 Å². The lowest BCUT2D eigenvalue weighted by atomic mass is 9.34. The highest BCUT2D eigenvalue weighted by Gasteiger charge is 2.71. The smallest absolute Gasteiger partial charge is 0.307 e. The topological polar surface area (TPSA) is 81.8 Å². The molecule has 42 heavy (non-hydrogen) atoms. The number of aliphatic carboxylic acids is 1. The molecule has 0 aromatic carbocycles. The van der Waals surface area contributed by atoms with E-state index in [1.54, 1.807) is 5.57 Å². The number of carboxylic acid groups (broad SMARTS) is 1. The van der Waals surface area contributed by atoms with E-state index in [4.69, 9.17) is 15.2 Å². The number of nitrogens with two attached hydrogens (primary N) is 1. The Morgan fingerprint density at radius 3 is 2.45 bits per heavy atom. The van der Waals surface area contributed by atoms with Crippen LogP contribution in [0.4, 0.5) is 0 Å². The minimum Gasteiger partial charge on any atom is -0.481 e. The molecule has 2 bridgehead atoms. The van der Waals surface area contributed by atoms with Gasteiger partial charge in [-0.25, -0.2) is 0 Å². The average molecular weight is 586 g/mol. The molecule has 4 aliphatic carbocycles. The summed E-state index contributed by atoms with van der Waals surface area (Å²) in [6.07, 6.45) is 11.0. The Hall–Kier alpha value is -0.910. The zero-order valence-corrected chi connectivity index (χ0v) is 28.6. The van der Waals surface area contributed by atoms with Crippen LogP contribution in [0.3, 0.4) is 0 Å². The normalized spacial score (nSPS) is 48.8. The minimum atomic E-state index is -0.585. The van der Waals surface area contributed by atoms with E-state index in [1.807, 2.05) is 0 Å². The van der Waals surface area contributed by atoms with Gasteiger partial charge in [0.2, 0.25) is 0 Å². The van der Waals surface area contributed by atoms with E-state index in [1.165, 1.54) is 6.42 Å². The predicted octanol–water partition coefficient (Wildman–Crippen LogP) is 8.11. The third-order valence-electron chi connectivity index (χ3n) is 15.1. The molecule has 4 fully saturated rings.